The van der Waals surface area contributed by atoms with Crippen molar-refractivity contribution in [3.8, 4) is 11.3 Å². The number of benzene rings is 3. The maximum atomic E-state index is 13.6. The number of hydrogen-bond donors (Lipinski definition) is 2. The Hall–Kier alpha value is -4.07. The molecule has 1 heterocycles. The summed E-state index contributed by atoms with van der Waals surface area (Å²) < 4.78 is 5.92. The quantitative estimate of drug-likeness (QED) is 0.259. The molecule has 4 aromatic rings. The molecule has 0 saturated heterocycles. The lowest BCUT2D eigenvalue weighted by Crippen LogP contribution is -2.46. The van der Waals surface area contributed by atoms with Crippen LogP contribution in [-0.4, -0.2) is 39.0 Å². The highest BCUT2D eigenvalue weighted by Gasteiger charge is 2.32. The van der Waals surface area contributed by atoms with Gasteiger partial charge in [0.2, 0.25) is 0 Å². The maximum Gasteiger partial charge on any atom is 0.335 e. The molecule has 0 bridgehead atoms. The van der Waals surface area contributed by atoms with Gasteiger partial charge in [-0.25, -0.2) is 9.59 Å². The molecule has 1 aromatic heterocycles. The summed E-state index contributed by atoms with van der Waals surface area (Å²) in [5, 5.41) is 19.8. The molecule has 2 N–H and O–H groups in total. The van der Waals surface area contributed by atoms with Crippen molar-refractivity contribution in [3.63, 3.8) is 0 Å². The van der Waals surface area contributed by atoms with Crippen molar-refractivity contribution < 1.29 is 29.0 Å². The van der Waals surface area contributed by atoms with E-state index in [0.29, 0.717) is 22.1 Å². The standard InChI is InChI=1S/C28H21Cl2NO6/c29-20-9-11-22(23(30)15-20)26(32)31(24(28(35)36)13-17-5-2-1-3-6-17)16-21-10-12-25(37-21)18-7-4-8-19(14-18)27(33)34/h1-12,14-15,24H,13,16H2,(H,33,34)(H,35,36)/t24-/m0/s1. The summed E-state index contributed by atoms with van der Waals surface area (Å²) in [5.74, 6) is -2.17. The Labute approximate surface area is 222 Å². The van der Waals surface area contributed by atoms with Crippen LogP contribution in [0.25, 0.3) is 11.3 Å². The predicted octanol–water partition coefficient (Wildman–Crippen LogP) is 6.29. The van der Waals surface area contributed by atoms with Crippen molar-refractivity contribution in [2.45, 2.75) is 19.0 Å². The number of nitrogens with zero attached hydrogens (tertiary/aromatic N) is 1. The van der Waals surface area contributed by atoms with Gasteiger partial charge in [0.05, 0.1) is 22.7 Å². The van der Waals surface area contributed by atoms with E-state index in [4.69, 9.17) is 27.6 Å². The van der Waals surface area contributed by atoms with Crippen LogP contribution in [0.2, 0.25) is 10.0 Å². The van der Waals surface area contributed by atoms with Gasteiger partial charge >= 0.3 is 11.9 Å². The average Bonchev–Trinajstić information content (AvgIpc) is 3.35. The van der Waals surface area contributed by atoms with E-state index in [1.54, 1.807) is 48.5 Å². The second-order valence-corrected chi connectivity index (χ2v) is 9.10. The number of carbonyl (C=O) groups is 3. The van der Waals surface area contributed by atoms with Gasteiger partial charge < -0.3 is 19.5 Å². The topological polar surface area (TPSA) is 108 Å². The molecule has 7 nitrogen and oxygen atoms in total. The number of rotatable bonds is 9. The molecule has 4 rings (SSSR count). The lowest BCUT2D eigenvalue weighted by atomic mass is 10.0. The van der Waals surface area contributed by atoms with Crippen LogP contribution in [0.3, 0.4) is 0 Å². The second kappa shape index (κ2) is 11.3. The summed E-state index contributed by atoms with van der Waals surface area (Å²) in [6.45, 7) is -0.166. The number of carboxylic acids is 2. The predicted molar refractivity (Wildman–Crippen MR) is 139 cm³/mol. The van der Waals surface area contributed by atoms with E-state index in [2.05, 4.69) is 0 Å². The Morgan fingerprint density at radius 3 is 2.30 bits per heavy atom. The summed E-state index contributed by atoms with van der Waals surface area (Å²) in [6.07, 6.45) is 0.0569. The van der Waals surface area contributed by atoms with E-state index < -0.39 is 23.9 Å². The third kappa shape index (κ3) is 6.20. The van der Waals surface area contributed by atoms with Crippen LogP contribution in [0.5, 0.6) is 0 Å². The molecular formula is C28H21Cl2NO6. The van der Waals surface area contributed by atoms with Crippen molar-refractivity contribution in [3.05, 3.63) is 117 Å². The third-order valence-corrected chi connectivity index (χ3v) is 6.29. The van der Waals surface area contributed by atoms with E-state index in [1.807, 2.05) is 6.07 Å². The summed E-state index contributed by atoms with van der Waals surface area (Å²) in [5.41, 5.74) is 1.47. The molecule has 0 aliphatic rings. The van der Waals surface area contributed by atoms with E-state index in [9.17, 15) is 24.6 Å². The Balaban J connectivity index is 1.70. The number of amides is 1. The molecule has 188 valence electrons. The number of aliphatic carboxylic acids is 1. The van der Waals surface area contributed by atoms with E-state index >= 15 is 0 Å². The highest BCUT2D eigenvalue weighted by atomic mass is 35.5. The molecule has 0 aliphatic carbocycles. The highest BCUT2D eigenvalue weighted by Crippen LogP contribution is 2.28. The summed E-state index contributed by atoms with van der Waals surface area (Å²) in [7, 11) is 0. The maximum absolute atomic E-state index is 13.6. The van der Waals surface area contributed by atoms with Gasteiger partial charge in [0, 0.05) is 17.0 Å². The van der Waals surface area contributed by atoms with Gasteiger partial charge in [-0.15, -0.1) is 0 Å². The number of halogens is 2. The van der Waals surface area contributed by atoms with Crippen LogP contribution in [0.15, 0.2) is 89.3 Å². The number of carboxylic acid groups (broad SMARTS) is 2. The summed E-state index contributed by atoms with van der Waals surface area (Å²) in [6, 6.07) is 21.6. The first-order valence-electron chi connectivity index (χ1n) is 11.2. The minimum atomic E-state index is -1.23. The Kier molecular flexibility index (Phi) is 7.96. The molecular weight excluding hydrogens is 517 g/mol. The van der Waals surface area contributed by atoms with Crippen molar-refractivity contribution in [1.82, 2.24) is 4.90 Å². The molecule has 1 atom stereocenters. The van der Waals surface area contributed by atoms with Gasteiger partial charge in [-0.3, -0.25) is 4.79 Å². The van der Waals surface area contributed by atoms with Gasteiger partial charge in [0.1, 0.15) is 17.6 Å². The van der Waals surface area contributed by atoms with Crippen molar-refractivity contribution >= 4 is 41.0 Å². The number of furan rings is 1. The van der Waals surface area contributed by atoms with Crippen LogP contribution in [-0.2, 0) is 17.8 Å². The molecule has 0 fully saturated rings. The van der Waals surface area contributed by atoms with Gasteiger partial charge in [-0.2, -0.15) is 0 Å². The number of aromatic carboxylic acids is 1. The third-order valence-electron chi connectivity index (χ3n) is 5.74. The highest BCUT2D eigenvalue weighted by molar-refractivity contribution is 6.36. The fraction of sp³-hybridized carbons (Fsp3) is 0.107. The van der Waals surface area contributed by atoms with Gasteiger partial charge in [-0.1, -0.05) is 65.7 Å². The largest absolute Gasteiger partial charge is 0.480 e. The Morgan fingerprint density at radius 2 is 1.62 bits per heavy atom. The van der Waals surface area contributed by atoms with Crippen molar-refractivity contribution in [2.24, 2.45) is 0 Å². The first-order chi connectivity index (χ1) is 17.7. The average molecular weight is 538 g/mol. The van der Waals surface area contributed by atoms with Gasteiger partial charge in [-0.05, 0) is 48.0 Å². The minimum absolute atomic E-state index is 0.0569. The van der Waals surface area contributed by atoms with E-state index in [-0.39, 0.29) is 29.1 Å². The fourth-order valence-electron chi connectivity index (χ4n) is 3.90. The molecule has 0 spiro atoms. The Morgan fingerprint density at radius 1 is 0.865 bits per heavy atom. The Bertz CT molecular complexity index is 1450. The van der Waals surface area contributed by atoms with Crippen LogP contribution < -0.4 is 0 Å². The zero-order valence-electron chi connectivity index (χ0n) is 19.3. The lowest BCUT2D eigenvalue weighted by Gasteiger charge is -2.29. The molecule has 1 amide bonds. The molecule has 9 heteroatoms. The van der Waals surface area contributed by atoms with Crippen molar-refractivity contribution in [1.29, 1.82) is 0 Å². The molecule has 37 heavy (non-hydrogen) atoms. The van der Waals surface area contributed by atoms with Gasteiger partial charge in [0.25, 0.3) is 5.91 Å². The zero-order chi connectivity index (χ0) is 26.5. The first kappa shape index (κ1) is 26.0. The molecule has 0 radical (unpaired) electrons. The molecule has 0 aliphatic heterocycles. The minimum Gasteiger partial charge on any atom is -0.480 e. The fourth-order valence-corrected chi connectivity index (χ4v) is 4.39. The van der Waals surface area contributed by atoms with Crippen LogP contribution in [0.4, 0.5) is 0 Å². The smallest absolute Gasteiger partial charge is 0.335 e. The van der Waals surface area contributed by atoms with Crippen molar-refractivity contribution in [2.75, 3.05) is 0 Å². The lowest BCUT2D eigenvalue weighted by molar-refractivity contribution is -0.142. The monoisotopic (exact) mass is 537 g/mol. The second-order valence-electron chi connectivity index (χ2n) is 8.25. The molecule has 0 unspecified atom stereocenters. The van der Waals surface area contributed by atoms with E-state index in [1.165, 1.54) is 35.2 Å². The van der Waals surface area contributed by atoms with Crippen LogP contribution in [0, 0.1) is 0 Å². The van der Waals surface area contributed by atoms with E-state index in [0.717, 1.165) is 5.56 Å². The normalized spacial score (nSPS) is 11.6. The summed E-state index contributed by atoms with van der Waals surface area (Å²) in [4.78, 5) is 38.6. The number of carbonyl (C=O) groups excluding carboxylic acids is 1. The zero-order valence-corrected chi connectivity index (χ0v) is 20.8. The molecule has 3 aromatic carbocycles. The SMILES string of the molecule is O=C(O)c1cccc(-c2ccc(CN(C(=O)c3ccc(Cl)cc3Cl)[C@@H](Cc3ccccc3)C(=O)O)o2)c1. The molecule has 0 saturated carbocycles. The van der Waals surface area contributed by atoms with Crippen LogP contribution in [0.1, 0.15) is 32.0 Å². The first-order valence-corrected chi connectivity index (χ1v) is 11.9. The van der Waals surface area contributed by atoms with Crippen LogP contribution >= 0.6 is 23.2 Å². The number of hydrogen-bond acceptors (Lipinski definition) is 4. The van der Waals surface area contributed by atoms with Gasteiger partial charge in [0.15, 0.2) is 0 Å². The summed E-state index contributed by atoms with van der Waals surface area (Å²) >= 11 is 12.3.